The quantitative estimate of drug-likeness (QED) is 0.709. The van der Waals surface area contributed by atoms with Gasteiger partial charge in [-0.05, 0) is 69.1 Å². The summed E-state index contributed by atoms with van der Waals surface area (Å²) >= 11 is 0. The van der Waals surface area contributed by atoms with Gasteiger partial charge in [0.25, 0.3) is 5.91 Å². The van der Waals surface area contributed by atoms with Crippen LogP contribution >= 0.6 is 0 Å². The number of nitrogens with one attached hydrogen (secondary N) is 1. The zero-order valence-electron chi connectivity index (χ0n) is 16.9. The lowest BCUT2D eigenvalue weighted by Gasteiger charge is -2.33. The minimum absolute atomic E-state index is 0.0336. The molecule has 1 fully saturated rings. The highest BCUT2D eigenvalue weighted by molar-refractivity contribution is 5.93. The maximum atomic E-state index is 12.8. The number of aryl methyl sites for hydroxylation is 2. The lowest BCUT2D eigenvalue weighted by Crippen LogP contribution is -2.40. The molecule has 3 heterocycles. The number of benzene rings is 1. The monoisotopic (exact) mass is 394 g/mol. The van der Waals surface area contributed by atoms with Crippen LogP contribution in [0.2, 0.25) is 0 Å². The molecule has 29 heavy (non-hydrogen) atoms. The molecule has 6 nitrogen and oxygen atoms in total. The molecule has 2 aromatic heterocycles. The van der Waals surface area contributed by atoms with Crippen LogP contribution in [0, 0.1) is 13.8 Å². The van der Waals surface area contributed by atoms with Crippen LogP contribution in [0.4, 0.5) is 0 Å². The maximum Gasteiger partial charge on any atom is 0.287 e. The molecule has 1 atom stereocenters. The third-order valence-corrected chi connectivity index (χ3v) is 5.54. The molecule has 1 unspecified atom stereocenters. The van der Waals surface area contributed by atoms with Crippen molar-refractivity contribution in [2.24, 2.45) is 0 Å². The Hall–Kier alpha value is -2.86. The van der Waals surface area contributed by atoms with Gasteiger partial charge in [-0.1, -0.05) is 12.5 Å². The number of hydrogen-bond donors (Lipinski definition) is 1. The summed E-state index contributed by atoms with van der Waals surface area (Å²) < 4.78 is 11.4. The molecule has 1 saturated heterocycles. The number of piperidine rings is 1. The van der Waals surface area contributed by atoms with E-state index in [1.54, 1.807) is 12.3 Å². The van der Waals surface area contributed by atoms with Gasteiger partial charge < -0.3 is 14.2 Å². The van der Waals surface area contributed by atoms with Gasteiger partial charge in [-0.15, -0.1) is 0 Å². The van der Waals surface area contributed by atoms with Crippen molar-refractivity contribution >= 4 is 16.9 Å². The Morgan fingerprint density at radius 1 is 1.17 bits per heavy atom. The molecule has 0 aliphatic carbocycles. The average molecular weight is 394 g/mol. The van der Waals surface area contributed by atoms with Crippen molar-refractivity contribution in [2.45, 2.75) is 39.2 Å². The second-order valence-corrected chi connectivity index (χ2v) is 7.77. The standard InChI is InChI=1S/C23H26N2O4/c1-15-11-16(2)22-17(12-15)19(26)13-21(29-22)23(27)24-14-18(20-7-6-10-28-20)25-8-4-3-5-9-25/h6-7,10-13,18H,3-5,8-9,14H2,1-2H3,(H,24,27). The van der Waals surface area contributed by atoms with Crippen LogP contribution in [0.25, 0.3) is 11.0 Å². The summed E-state index contributed by atoms with van der Waals surface area (Å²) in [6.07, 6.45) is 5.17. The predicted octanol–water partition coefficient (Wildman–Crippen LogP) is 3.96. The summed E-state index contributed by atoms with van der Waals surface area (Å²) in [4.78, 5) is 27.6. The third kappa shape index (κ3) is 4.12. The Morgan fingerprint density at radius 3 is 2.69 bits per heavy atom. The molecule has 152 valence electrons. The van der Waals surface area contributed by atoms with Gasteiger partial charge in [0.05, 0.1) is 17.7 Å². The molecule has 1 amide bonds. The lowest BCUT2D eigenvalue weighted by molar-refractivity contribution is 0.0888. The van der Waals surface area contributed by atoms with Crippen molar-refractivity contribution < 1.29 is 13.6 Å². The lowest BCUT2D eigenvalue weighted by atomic mass is 10.1. The van der Waals surface area contributed by atoms with Crippen LogP contribution in [-0.4, -0.2) is 30.4 Å². The van der Waals surface area contributed by atoms with Gasteiger partial charge in [-0.25, -0.2) is 0 Å². The number of carbonyl (C=O) groups is 1. The second kappa shape index (κ2) is 8.25. The fourth-order valence-electron chi connectivity index (χ4n) is 4.12. The Morgan fingerprint density at radius 2 is 1.97 bits per heavy atom. The average Bonchev–Trinajstić information content (AvgIpc) is 3.24. The van der Waals surface area contributed by atoms with Gasteiger partial charge in [-0.2, -0.15) is 0 Å². The van der Waals surface area contributed by atoms with E-state index in [1.165, 1.54) is 12.5 Å². The Labute approximate surface area is 169 Å². The summed E-state index contributed by atoms with van der Waals surface area (Å²) in [5, 5.41) is 3.43. The molecule has 1 aromatic carbocycles. The molecule has 1 N–H and O–H groups in total. The van der Waals surface area contributed by atoms with E-state index in [9.17, 15) is 9.59 Å². The minimum atomic E-state index is -0.391. The highest BCUT2D eigenvalue weighted by atomic mass is 16.3. The van der Waals surface area contributed by atoms with Crippen LogP contribution < -0.4 is 10.7 Å². The summed E-state index contributed by atoms with van der Waals surface area (Å²) in [5.41, 5.74) is 2.09. The number of hydrogen-bond acceptors (Lipinski definition) is 5. The summed E-state index contributed by atoms with van der Waals surface area (Å²) in [5.74, 6) is 0.474. The van der Waals surface area contributed by atoms with Gasteiger partial charge >= 0.3 is 0 Å². The van der Waals surface area contributed by atoms with E-state index in [4.69, 9.17) is 8.83 Å². The molecule has 1 aliphatic heterocycles. The van der Waals surface area contributed by atoms with Gasteiger partial charge in [-0.3, -0.25) is 14.5 Å². The van der Waals surface area contributed by atoms with Crippen molar-refractivity contribution in [3.05, 3.63) is 69.5 Å². The predicted molar refractivity (Wildman–Crippen MR) is 111 cm³/mol. The number of rotatable bonds is 5. The second-order valence-electron chi connectivity index (χ2n) is 7.77. The molecular formula is C23H26N2O4. The molecule has 0 bridgehead atoms. The molecule has 3 aromatic rings. The molecule has 0 saturated carbocycles. The Kier molecular flexibility index (Phi) is 5.53. The van der Waals surface area contributed by atoms with E-state index in [2.05, 4.69) is 10.2 Å². The van der Waals surface area contributed by atoms with E-state index in [-0.39, 0.29) is 17.2 Å². The van der Waals surface area contributed by atoms with Crippen LogP contribution in [0.1, 0.15) is 52.7 Å². The third-order valence-electron chi connectivity index (χ3n) is 5.54. The van der Waals surface area contributed by atoms with Crippen LogP contribution in [0.3, 0.4) is 0 Å². The van der Waals surface area contributed by atoms with Crippen molar-refractivity contribution in [2.75, 3.05) is 19.6 Å². The van der Waals surface area contributed by atoms with Crippen molar-refractivity contribution in [3.8, 4) is 0 Å². The zero-order valence-corrected chi connectivity index (χ0v) is 16.9. The topological polar surface area (TPSA) is 75.7 Å². The zero-order chi connectivity index (χ0) is 20.4. The first kappa shape index (κ1) is 19.5. The van der Waals surface area contributed by atoms with Gasteiger partial charge in [0.2, 0.25) is 0 Å². The largest absolute Gasteiger partial charge is 0.468 e. The fraction of sp³-hybridized carbons (Fsp3) is 0.391. The molecule has 1 aliphatic rings. The normalized spacial score (nSPS) is 16.1. The molecule has 4 rings (SSSR count). The summed E-state index contributed by atoms with van der Waals surface area (Å²) in [6.45, 7) is 6.15. The first-order valence-corrected chi connectivity index (χ1v) is 10.1. The van der Waals surface area contributed by atoms with E-state index < -0.39 is 5.91 Å². The van der Waals surface area contributed by atoms with E-state index in [0.717, 1.165) is 42.8 Å². The number of nitrogens with zero attached hydrogens (tertiary/aromatic N) is 1. The Balaban J connectivity index is 1.56. The maximum absolute atomic E-state index is 12.8. The molecule has 6 heteroatoms. The van der Waals surface area contributed by atoms with E-state index in [0.29, 0.717) is 17.5 Å². The number of carbonyl (C=O) groups excluding carboxylic acids is 1. The van der Waals surface area contributed by atoms with Gasteiger partial charge in [0.15, 0.2) is 11.2 Å². The fourth-order valence-corrected chi connectivity index (χ4v) is 4.12. The van der Waals surface area contributed by atoms with Crippen LogP contribution in [0.15, 0.2) is 50.2 Å². The van der Waals surface area contributed by atoms with Crippen molar-refractivity contribution in [1.82, 2.24) is 10.2 Å². The summed E-state index contributed by atoms with van der Waals surface area (Å²) in [7, 11) is 0. The minimum Gasteiger partial charge on any atom is -0.468 e. The highest BCUT2D eigenvalue weighted by Crippen LogP contribution is 2.25. The Bertz CT molecular complexity index is 1060. The SMILES string of the molecule is Cc1cc(C)c2oc(C(=O)NCC(c3ccco3)N3CCCCC3)cc(=O)c2c1. The van der Waals surface area contributed by atoms with Crippen LogP contribution in [0.5, 0.6) is 0 Å². The molecule has 0 radical (unpaired) electrons. The van der Waals surface area contributed by atoms with Crippen molar-refractivity contribution in [3.63, 3.8) is 0 Å². The first-order valence-electron chi connectivity index (χ1n) is 10.1. The number of likely N-dealkylation sites (tertiary alicyclic amines) is 1. The van der Waals surface area contributed by atoms with Gasteiger partial charge in [0.1, 0.15) is 11.3 Å². The number of furan rings is 1. The summed E-state index contributed by atoms with van der Waals surface area (Å²) in [6, 6.07) is 8.77. The van der Waals surface area contributed by atoms with Crippen LogP contribution in [-0.2, 0) is 0 Å². The smallest absolute Gasteiger partial charge is 0.287 e. The van der Waals surface area contributed by atoms with Gasteiger partial charge in [0, 0.05) is 12.6 Å². The number of amides is 1. The highest BCUT2D eigenvalue weighted by Gasteiger charge is 2.25. The van der Waals surface area contributed by atoms with E-state index >= 15 is 0 Å². The van der Waals surface area contributed by atoms with Crippen molar-refractivity contribution in [1.29, 1.82) is 0 Å². The van der Waals surface area contributed by atoms with E-state index in [1.807, 2.05) is 32.0 Å². The molecule has 0 spiro atoms. The molecular weight excluding hydrogens is 368 g/mol. The number of fused-ring (bicyclic) bond motifs is 1. The first-order chi connectivity index (χ1) is 14.0.